The topological polar surface area (TPSA) is 146 Å². The predicted molar refractivity (Wildman–Crippen MR) is 97.1 cm³/mol. The Bertz CT molecular complexity index is 939. The Kier molecular flexibility index (Phi) is 7.18. The SMILES string of the molecule is CCOC(=O)/C(=C/Nc1ccc(C(=O)OC)o1)C(=O)Nc1ccc(C(=O)OC)o1. The normalized spacial score (nSPS) is 10.8. The van der Waals surface area contributed by atoms with Gasteiger partial charge in [-0.1, -0.05) is 0 Å². The van der Waals surface area contributed by atoms with Gasteiger partial charge in [0.1, 0.15) is 5.57 Å². The molecule has 0 fully saturated rings. The summed E-state index contributed by atoms with van der Waals surface area (Å²) in [4.78, 5) is 47.4. The van der Waals surface area contributed by atoms with E-state index in [2.05, 4.69) is 20.1 Å². The second-order valence-electron chi connectivity index (χ2n) is 5.19. The fraction of sp³-hybridized carbons (Fsp3) is 0.222. The van der Waals surface area contributed by atoms with Crippen LogP contribution in [0.15, 0.2) is 44.9 Å². The first kappa shape index (κ1) is 21.3. The van der Waals surface area contributed by atoms with E-state index in [1.54, 1.807) is 6.92 Å². The number of anilines is 2. The molecule has 0 aromatic carbocycles. The predicted octanol–water partition coefficient (Wildman–Crippen LogP) is 1.94. The van der Waals surface area contributed by atoms with Gasteiger partial charge >= 0.3 is 17.9 Å². The van der Waals surface area contributed by atoms with Gasteiger partial charge in [0.25, 0.3) is 5.91 Å². The molecule has 0 atom stereocenters. The molecule has 154 valence electrons. The van der Waals surface area contributed by atoms with Gasteiger partial charge in [-0.2, -0.15) is 0 Å². The summed E-state index contributed by atoms with van der Waals surface area (Å²) < 4.78 is 24.2. The van der Waals surface area contributed by atoms with Crippen molar-refractivity contribution in [3.8, 4) is 0 Å². The van der Waals surface area contributed by atoms with Crippen LogP contribution in [0, 0.1) is 0 Å². The molecular weight excluding hydrogens is 388 g/mol. The second kappa shape index (κ2) is 9.78. The lowest BCUT2D eigenvalue weighted by Crippen LogP contribution is -2.23. The van der Waals surface area contributed by atoms with Crippen LogP contribution in [0.2, 0.25) is 0 Å². The van der Waals surface area contributed by atoms with Crippen LogP contribution in [0.25, 0.3) is 0 Å². The molecule has 0 saturated heterocycles. The number of ether oxygens (including phenoxy) is 3. The highest BCUT2D eigenvalue weighted by molar-refractivity contribution is 6.21. The van der Waals surface area contributed by atoms with Crippen molar-refractivity contribution in [3.05, 3.63) is 47.6 Å². The summed E-state index contributed by atoms with van der Waals surface area (Å²) in [6.07, 6.45) is 1.04. The molecule has 0 bridgehead atoms. The maximum absolute atomic E-state index is 12.5. The van der Waals surface area contributed by atoms with Gasteiger partial charge in [-0.15, -0.1) is 0 Å². The van der Waals surface area contributed by atoms with Crippen LogP contribution in [0.1, 0.15) is 28.0 Å². The Labute approximate surface area is 164 Å². The molecule has 11 nitrogen and oxygen atoms in total. The monoisotopic (exact) mass is 406 g/mol. The second-order valence-corrected chi connectivity index (χ2v) is 5.19. The number of carbonyl (C=O) groups is 4. The van der Waals surface area contributed by atoms with Crippen LogP contribution in [0.3, 0.4) is 0 Å². The van der Waals surface area contributed by atoms with Crippen molar-refractivity contribution in [3.63, 3.8) is 0 Å². The summed E-state index contributed by atoms with van der Waals surface area (Å²) >= 11 is 0. The number of amides is 1. The Hall–Kier alpha value is -4.02. The minimum Gasteiger partial charge on any atom is -0.463 e. The number of furan rings is 2. The zero-order valence-corrected chi connectivity index (χ0v) is 15.8. The number of nitrogens with one attached hydrogen (secondary N) is 2. The van der Waals surface area contributed by atoms with E-state index in [-0.39, 0.29) is 29.9 Å². The first-order valence-corrected chi connectivity index (χ1v) is 8.21. The average Bonchev–Trinajstić information content (AvgIpc) is 3.37. The lowest BCUT2D eigenvalue weighted by atomic mass is 10.2. The van der Waals surface area contributed by atoms with E-state index in [0.717, 1.165) is 6.20 Å². The van der Waals surface area contributed by atoms with Crippen molar-refractivity contribution < 1.29 is 42.2 Å². The van der Waals surface area contributed by atoms with Gasteiger partial charge in [-0.25, -0.2) is 14.4 Å². The van der Waals surface area contributed by atoms with Gasteiger partial charge in [-0.3, -0.25) is 10.1 Å². The summed E-state index contributed by atoms with van der Waals surface area (Å²) in [5, 5.41) is 4.90. The van der Waals surface area contributed by atoms with Crippen LogP contribution in [-0.2, 0) is 23.8 Å². The first-order valence-electron chi connectivity index (χ1n) is 8.21. The highest BCUT2D eigenvalue weighted by atomic mass is 16.5. The van der Waals surface area contributed by atoms with E-state index in [0.29, 0.717) is 0 Å². The third kappa shape index (κ3) is 5.48. The van der Waals surface area contributed by atoms with E-state index in [9.17, 15) is 19.2 Å². The van der Waals surface area contributed by atoms with Gasteiger partial charge in [-0.05, 0) is 19.1 Å². The van der Waals surface area contributed by atoms with Crippen molar-refractivity contribution in [1.29, 1.82) is 0 Å². The Morgan fingerprint density at radius 2 is 1.48 bits per heavy atom. The summed E-state index contributed by atoms with van der Waals surface area (Å²) in [6.45, 7) is 1.61. The molecule has 0 spiro atoms. The van der Waals surface area contributed by atoms with Crippen molar-refractivity contribution in [2.45, 2.75) is 6.92 Å². The van der Waals surface area contributed by atoms with Crippen molar-refractivity contribution in [2.75, 3.05) is 31.5 Å². The number of hydrogen-bond donors (Lipinski definition) is 2. The summed E-state index contributed by atoms with van der Waals surface area (Å²) in [5.74, 6) is -3.43. The molecule has 0 aliphatic rings. The van der Waals surface area contributed by atoms with Crippen LogP contribution in [0.4, 0.5) is 11.8 Å². The molecule has 2 N–H and O–H groups in total. The quantitative estimate of drug-likeness (QED) is 0.219. The highest BCUT2D eigenvalue weighted by Gasteiger charge is 2.22. The molecule has 1 amide bonds. The first-order chi connectivity index (χ1) is 13.9. The van der Waals surface area contributed by atoms with E-state index >= 15 is 0 Å². The van der Waals surface area contributed by atoms with Crippen LogP contribution < -0.4 is 10.6 Å². The summed E-state index contributed by atoms with van der Waals surface area (Å²) in [7, 11) is 2.37. The molecule has 29 heavy (non-hydrogen) atoms. The molecule has 0 aliphatic heterocycles. The van der Waals surface area contributed by atoms with Crippen molar-refractivity contribution in [2.24, 2.45) is 0 Å². The largest absolute Gasteiger partial charge is 0.463 e. The number of rotatable bonds is 8. The molecule has 0 radical (unpaired) electrons. The summed E-state index contributed by atoms with van der Waals surface area (Å²) in [6, 6.07) is 5.36. The number of methoxy groups -OCH3 is 2. The third-order valence-electron chi connectivity index (χ3n) is 3.32. The zero-order valence-electron chi connectivity index (χ0n) is 15.8. The molecule has 2 rings (SSSR count). The standard InChI is InChI=1S/C18H18N2O9/c1-4-27-16(22)10(9-19-13-7-5-11(28-13)17(23)25-2)15(21)20-14-8-6-12(29-14)18(24)26-3/h5-9,19H,4H2,1-3H3,(H,20,21)/b10-9+. The van der Waals surface area contributed by atoms with Gasteiger partial charge in [0.05, 0.1) is 20.8 Å². The average molecular weight is 406 g/mol. The van der Waals surface area contributed by atoms with Crippen molar-refractivity contribution >= 4 is 35.6 Å². The highest BCUT2D eigenvalue weighted by Crippen LogP contribution is 2.17. The molecule has 0 unspecified atom stereocenters. The zero-order chi connectivity index (χ0) is 21.4. The fourth-order valence-electron chi connectivity index (χ4n) is 1.99. The van der Waals surface area contributed by atoms with Crippen LogP contribution in [0.5, 0.6) is 0 Å². The van der Waals surface area contributed by atoms with Gasteiger partial charge in [0.15, 0.2) is 5.88 Å². The molecule has 11 heteroatoms. The minimum absolute atomic E-state index is 0.0317. The van der Waals surface area contributed by atoms with E-state index in [1.165, 1.54) is 38.5 Å². The Morgan fingerprint density at radius 1 is 0.931 bits per heavy atom. The molecular formula is C18H18N2O9. The Balaban J connectivity index is 2.17. The van der Waals surface area contributed by atoms with Crippen molar-refractivity contribution in [1.82, 2.24) is 0 Å². The fourth-order valence-corrected chi connectivity index (χ4v) is 1.99. The number of carbonyl (C=O) groups excluding carboxylic acids is 4. The smallest absolute Gasteiger partial charge is 0.374 e. The lowest BCUT2D eigenvalue weighted by Gasteiger charge is -2.07. The minimum atomic E-state index is -0.919. The third-order valence-corrected chi connectivity index (χ3v) is 3.32. The molecule has 2 aromatic heterocycles. The van der Waals surface area contributed by atoms with E-state index in [4.69, 9.17) is 13.6 Å². The molecule has 2 aromatic rings. The Morgan fingerprint density at radius 3 is 2.03 bits per heavy atom. The van der Waals surface area contributed by atoms with Gasteiger partial charge < -0.3 is 28.4 Å². The number of esters is 3. The lowest BCUT2D eigenvalue weighted by molar-refractivity contribution is -0.139. The van der Waals surface area contributed by atoms with E-state index in [1.807, 2.05) is 0 Å². The van der Waals surface area contributed by atoms with E-state index < -0.39 is 29.4 Å². The number of hydrogen-bond acceptors (Lipinski definition) is 10. The molecule has 0 saturated carbocycles. The maximum Gasteiger partial charge on any atom is 0.374 e. The van der Waals surface area contributed by atoms with Gasteiger partial charge in [0, 0.05) is 18.3 Å². The van der Waals surface area contributed by atoms with Crippen LogP contribution in [-0.4, -0.2) is 44.6 Å². The molecule has 0 aliphatic carbocycles. The van der Waals surface area contributed by atoms with Crippen LogP contribution >= 0.6 is 0 Å². The molecule has 2 heterocycles. The van der Waals surface area contributed by atoms with Gasteiger partial charge in [0.2, 0.25) is 17.4 Å². The maximum atomic E-state index is 12.5. The summed E-state index contributed by atoms with van der Waals surface area (Å²) in [5.41, 5.74) is -0.418.